The maximum absolute atomic E-state index is 10.5. The van der Waals surface area contributed by atoms with Crippen LogP contribution in [0.1, 0.15) is 36.8 Å². The Kier molecular flexibility index (Phi) is 4.18. The van der Waals surface area contributed by atoms with Gasteiger partial charge in [-0.2, -0.15) is 0 Å². The average Bonchev–Trinajstić information content (AvgIpc) is 2.84. The highest BCUT2D eigenvalue weighted by molar-refractivity contribution is 5.98. The van der Waals surface area contributed by atoms with Crippen molar-refractivity contribution in [2.45, 2.75) is 38.2 Å². The second kappa shape index (κ2) is 5.71. The lowest BCUT2D eigenvalue weighted by Crippen LogP contribution is -2.39. The Morgan fingerprint density at radius 3 is 2.60 bits per heavy atom. The molecule has 5 nitrogen and oxygen atoms in total. The molecule has 20 heavy (non-hydrogen) atoms. The fourth-order valence-electron chi connectivity index (χ4n) is 2.95. The Morgan fingerprint density at radius 2 is 2.05 bits per heavy atom. The molecule has 0 amide bonds. The number of nitrogens with two attached hydrogens (primary N) is 1. The molecular weight excluding hydrogens is 254 g/mol. The highest BCUT2D eigenvalue weighted by Crippen LogP contribution is 2.31. The topological polar surface area (TPSA) is 82.1 Å². The van der Waals surface area contributed by atoms with E-state index in [0.717, 1.165) is 42.5 Å². The molecule has 1 fully saturated rings. The first-order valence-corrected chi connectivity index (χ1v) is 6.97. The number of benzene rings is 1. The van der Waals surface area contributed by atoms with Gasteiger partial charge in [0.15, 0.2) is 5.84 Å². The molecule has 0 unspecified atom stereocenters. The summed E-state index contributed by atoms with van der Waals surface area (Å²) in [5.41, 5.74) is 7.76. The van der Waals surface area contributed by atoms with E-state index < -0.39 is 5.60 Å². The predicted octanol–water partition coefficient (Wildman–Crippen LogP) is 1.83. The molecule has 0 aliphatic heterocycles. The smallest absolute Gasteiger partial charge is 0.170 e. The van der Waals surface area contributed by atoms with Crippen molar-refractivity contribution in [2.75, 3.05) is 18.5 Å². The van der Waals surface area contributed by atoms with Gasteiger partial charge in [0.1, 0.15) is 0 Å². The summed E-state index contributed by atoms with van der Waals surface area (Å²) >= 11 is 0. The summed E-state index contributed by atoms with van der Waals surface area (Å²) in [7, 11) is 1.98. The summed E-state index contributed by atoms with van der Waals surface area (Å²) in [5, 5.41) is 22.2. The zero-order chi connectivity index (χ0) is 14.8. The Morgan fingerprint density at radius 1 is 1.40 bits per heavy atom. The zero-order valence-electron chi connectivity index (χ0n) is 12.1. The number of amidine groups is 1. The fourth-order valence-corrected chi connectivity index (χ4v) is 2.95. The van der Waals surface area contributed by atoms with Crippen molar-refractivity contribution < 1.29 is 10.3 Å². The van der Waals surface area contributed by atoms with E-state index in [-0.39, 0.29) is 5.84 Å². The SMILES string of the molecule is Cc1cc(N(C)CC2(O)CCCC2)ccc1/C(N)=N/O. The summed E-state index contributed by atoms with van der Waals surface area (Å²) in [6, 6.07) is 5.76. The van der Waals surface area contributed by atoms with E-state index in [0.29, 0.717) is 6.54 Å². The lowest BCUT2D eigenvalue weighted by Gasteiger charge is -2.30. The minimum Gasteiger partial charge on any atom is -0.409 e. The van der Waals surface area contributed by atoms with Gasteiger partial charge in [0.05, 0.1) is 5.60 Å². The van der Waals surface area contributed by atoms with Crippen molar-refractivity contribution in [2.24, 2.45) is 10.9 Å². The molecule has 0 radical (unpaired) electrons. The van der Waals surface area contributed by atoms with E-state index >= 15 is 0 Å². The van der Waals surface area contributed by atoms with Crippen LogP contribution in [0.2, 0.25) is 0 Å². The van der Waals surface area contributed by atoms with Gasteiger partial charge in [0, 0.05) is 24.8 Å². The van der Waals surface area contributed by atoms with Gasteiger partial charge in [-0.25, -0.2) is 0 Å². The van der Waals surface area contributed by atoms with Gasteiger partial charge in [-0.15, -0.1) is 0 Å². The molecule has 0 bridgehead atoms. The number of likely N-dealkylation sites (N-methyl/N-ethyl adjacent to an activating group) is 1. The molecule has 5 heteroatoms. The minimum atomic E-state index is -0.563. The van der Waals surface area contributed by atoms with Gasteiger partial charge in [-0.1, -0.05) is 18.0 Å². The van der Waals surface area contributed by atoms with E-state index in [4.69, 9.17) is 10.9 Å². The first-order valence-electron chi connectivity index (χ1n) is 6.97. The second-order valence-electron chi connectivity index (χ2n) is 5.77. The molecule has 0 atom stereocenters. The highest BCUT2D eigenvalue weighted by atomic mass is 16.4. The average molecular weight is 277 g/mol. The molecule has 0 heterocycles. The van der Waals surface area contributed by atoms with Gasteiger partial charge in [-0.3, -0.25) is 0 Å². The van der Waals surface area contributed by atoms with Crippen molar-refractivity contribution in [1.29, 1.82) is 0 Å². The second-order valence-corrected chi connectivity index (χ2v) is 5.77. The molecule has 1 aliphatic rings. The monoisotopic (exact) mass is 277 g/mol. The van der Waals surface area contributed by atoms with Crippen LogP contribution in [-0.2, 0) is 0 Å². The Bertz CT molecular complexity index is 508. The normalized spacial score (nSPS) is 18.2. The van der Waals surface area contributed by atoms with Crippen LogP contribution >= 0.6 is 0 Å². The molecule has 1 aromatic carbocycles. The van der Waals surface area contributed by atoms with E-state index in [1.54, 1.807) is 0 Å². The third-order valence-corrected chi connectivity index (χ3v) is 4.10. The van der Waals surface area contributed by atoms with Gasteiger partial charge in [0.25, 0.3) is 0 Å². The van der Waals surface area contributed by atoms with Crippen LogP contribution in [0.5, 0.6) is 0 Å². The van der Waals surface area contributed by atoms with Gasteiger partial charge >= 0.3 is 0 Å². The number of rotatable bonds is 4. The lowest BCUT2D eigenvalue weighted by molar-refractivity contribution is 0.0559. The summed E-state index contributed by atoms with van der Waals surface area (Å²) in [4.78, 5) is 2.06. The number of aliphatic hydroxyl groups is 1. The molecule has 4 N–H and O–H groups in total. The van der Waals surface area contributed by atoms with Gasteiger partial charge in [0.2, 0.25) is 0 Å². The molecule has 0 spiro atoms. The van der Waals surface area contributed by atoms with Crippen molar-refractivity contribution in [3.63, 3.8) is 0 Å². The number of oxime groups is 1. The molecule has 1 saturated carbocycles. The standard InChI is InChI=1S/C15H23N3O2/c1-11-9-12(5-6-13(11)14(16)17-20)18(2)10-15(19)7-3-4-8-15/h5-6,9,19-20H,3-4,7-8,10H2,1-2H3,(H2,16,17). The van der Waals surface area contributed by atoms with Crippen molar-refractivity contribution in [3.05, 3.63) is 29.3 Å². The Balaban J connectivity index is 2.15. The number of hydrogen-bond donors (Lipinski definition) is 3. The minimum absolute atomic E-state index is 0.117. The first-order chi connectivity index (χ1) is 9.45. The van der Waals surface area contributed by atoms with E-state index in [9.17, 15) is 5.11 Å². The summed E-state index contributed by atoms with van der Waals surface area (Å²) in [5.74, 6) is 0.117. The van der Waals surface area contributed by atoms with E-state index in [1.165, 1.54) is 0 Å². The van der Waals surface area contributed by atoms with Crippen LogP contribution in [0.25, 0.3) is 0 Å². The van der Waals surface area contributed by atoms with Crippen LogP contribution in [0, 0.1) is 6.92 Å². The molecule has 1 aromatic rings. The van der Waals surface area contributed by atoms with Crippen molar-refractivity contribution in [1.82, 2.24) is 0 Å². The lowest BCUT2D eigenvalue weighted by atomic mass is 10.0. The zero-order valence-corrected chi connectivity index (χ0v) is 12.1. The Labute approximate surface area is 119 Å². The maximum Gasteiger partial charge on any atom is 0.170 e. The van der Waals surface area contributed by atoms with Crippen LogP contribution < -0.4 is 10.6 Å². The molecule has 110 valence electrons. The third kappa shape index (κ3) is 3.04. The number of nitrogens with zero attached hydrogens (tertiary/aromatic N) is 2. The van der Waals surface area contributed by atoms with Crippen molar-refractivity contribution in [3.8, 4) is 0 Å². The first kappa shape index (κ1) is 14.7. The van der Waals surface area contributed by atoms with E-state index in [2.05, 4.69) is 10.1 Å². The number of anilines is 1. The predicted molar refractivity (Wildman–Crippen MR) is 80.4 cm³/mol. The third-order valence-electron chi connectivity index (χ3n) is 4.10. The van der Waals surface area contributed by atoms with Crippen molar-refractivity contribution >= 4 is 11.5 Å². The Hall–Kier alpha value is -1.75. The van der Waals surface area contributed by atoms with Crippen LogP contribution in [0.4, 0.5) is 5.69 Å². The van der Waals surface area contributed by atoms with Crippen LogP contribution in [0.3, 0.4) is 0 Å². The summed E-state index contributed by atoms with van der Waals surface area (Å²) in [6.07, 6.45) is 3.95. The molecule has 1 aliphatic carbocycles. The van der Waals surface area contributed by atoms with Crippen LogP contribution in [-0.4, -0.2) is 35.3 Å². The van der Waals surface area contributed by atoms with Crippen LogP contribution in [0.15, 0.2) is 23.4 Å². The van der Waals surface area contributed by atoms with Gasteiger partial charge < -0.3 is 20.9 Å². The number of aryl methyl sites for hydroxylation is 1. The van der Waals surface area contributed by atoms with E-state index in [1.807, 2.05) is 32.2 Å². The number of hydrogen-bond acceptors (Lipinski definition) is 4. The summed E-state index contributed by atoms with van der Waals surface area (Å²) in [6.45, 7) is 2.56. The molecule has 2 rings (SSSR count). The highest BCUT2D eigenvalue weighted by Gasteiger charge is 2.32. The largest absolute Gasteiger partial charge is 0.409 e. The molecule has 0 aromatic heterocycles. The summed E-state index contributed by atoms with van der Waals surface area (Å²) < 4.78 is 0. The van der Waals surface area contributed by atoms with Gasteiger partial charge in [-0.05, 0) is 43.5 Å². The fraction of sp³-hybridized carbons (Fsp3) is 0.533. The maximum atomic E-state index is 10.5. The molecule has 0 saturated heterocycles. The quantitative estimate of drug-likeness (QED) is 0.339. The molecular formula is C15H23N3O2.